The summed E-state index contributed by atoms with van der Waals surface area (Å²) >= 11 is 0. The molecule has 32 heavy (non-hydrogen) atoms. The summed E-state index contributed by atoms with van der Waals surface area (Å²) in [5, 5.41) is 6.59. The topological polar surface area (TPSA) is 93.1 Å². The van der Waals surface area contributed by atoms with E-state index in [0.717, 1.165) is 12.1 Å². The number of rotatable bonds is 6. The van der Waals surface area contributed by atoms with Gasteiger partial charge in [0.05, 0.1) is 22.3 Å². The highest BCUT2D eigenvalue weighted by Crippen LogP contribution is 2.31. The second-order valence-corrected chi connectivity index (χ2v) is 8.81. The van der Waals surface area contributed by atoms with Crippen molar-refractivity contribution in [1.82, 2.24) is 19.8 Å². The highest BCUT2D eigenvalue weighted by atomic mass is 32.2. The molecule has 170 valence electrons. The Morgan fingerprint density at radius 2 is 1.78 bits per heavy atom. The summed E-state index contributed by atoms with van der Waals surface area (Å²) in [5.41, 5.74) is 0.726. The fourth-order valence-electron chi connectivity index (χ4n) is 3.22. The summed E-state index contributed by atoms with van der Waals surface area (Å²) in [6.45, 7) is 3.25. The van der Waals surface area contributed by atoms with Crippen molar-refractivity contribution < 1.29 is 26.4 Å². The quantitative estimate of drug-likeness (QED) is 0.581. The predicted molar refractivity (Wildman–Crippen MR) is 112 cm³/mol. The second-order valence-electron chi connectivity index (χ2n) is 7.09. The van der Waals surface area contributed by atoms with Crippen LogP contribution in [-0.4, -0.2) is 31.2 Å². The van der Waals surface area contributed by atoms with Crippen LogP contribution >= 0.6 is 0 Å². The van der Waals surface area contributed by atoms with E-state index in [1.807, 2.05) is 0 Å². The van der Waals surface area contributed by atoms with E-state index in [4.69, 9.17) is 0 Å². The van der Waals surface area contributed by atoms with E-state index in [0.29, 0.717) is 16.8 Å². The number of aromatic nitrogens is 2. The largest absolute Gasteiger partial charge is 0.416 e. The zero-order valence-corrected chi connectivity index (χ0v) is 18.3. The highest BCUT2D eigenvalue weighted by molar-refractivity contribution is 7.89. The molecule has 1 atom stereocenters. The normalized spacial score (nSPS) is 13.1. The maximum atomic E-state index is 13.0. The minimum Gasteiger partial charge on any atom is -0.355 e. The van der Waals surface area contributed by atoms with Gasteiger partial charge in [-0.1, -0.05) is 6.07 Å². The van der Waals surface area contributed by atoms with Gasteiger partial charge in [0, 0.05) is 29.9 Å². The molecule has 2 aromatic carbocycles. The molecule has 2 N–H and O–H groups in total. The van der Waals surface area contributed by atoms with Crippen LogP contribution in [0.2, 0.25) is 0 Å². The molecule has 0 radical (unpaired) electrons. The molecule has 11 heteroatoms. The van der Waals surface area contributed by atoms with Crippen molar-refractivity contribution in [3.05, 3.63) is 77.1 Å². The first kappa shape index (κ1) is 23.5. The number of benzene rings is 2. The highest BCUT2D eigenvalue weighted by Gasteiger charge is 2.31. The molecule has 1 unspecified atom stereocenters. The summed E-state index contributed by atoms with van der Waals surface area (Å²) in [5.74, 6) is -0.340. The number of hydrogen-bond donors (Lipinski definition) is 2. The molecule has 0 aliphatic rings. The van der Waals surface area contributed by atoms with E-state index in [1.165, 1.54) is 54.3 Å². The summed E-state index contributed by atoms with van der Waals surface area (Å²) in [6, 6.07) is 9.44. The number of sulfonamides is 1. The molecule has 3 rings (SSSR count). The van der Waals surface area contributed by atoms with Gasteiger partial charge in [0.2, 0.25) is 10.0 Å². The molecule has 0 fully saturated rings. The van der Waals surface area contributed by atoms with E-state index in [9.17, 15) is 26.4 Å². The first-order chi connectivity index (χ1) is 14.9. The minimum absolute atomic E-state index is 0.0278. The van der Waals surface area contributed by atoms with Gasteiger partial charge in [-0.05, 0) is 56.3 Å². The van der Waals surface area contributed by atoms with Crippen molar-refractivity contribution in [2.45, 2.75) is 31.0 Å². The van der Waals surface area contributed by atoms with E-state index in [-0.39, 0.29) is 16.5 Å². The molecule has 0 bridgehead atoms. The van der Waals surface area contributed by atoms with Gasteiger partial charge in [0.1, 0.15) is 0 Å². The van der Waals surface area contributed by atoms with Crippen LogP contribution in [0.3, 0.4) is 0 Å². The Labute approximate surface area is 183 Å². The number of carbonyl (C=O) groups excluding carboxylic acids is 1. The van der Waals surface area contributed by atoms with Gasteiger partial charge in [-0.15, -0.1) is 0 Å². The Kier molecular flexibility index (Phi) is 6.42. The van der Waals surface area contributed by atoms with Gasteiger partial charge in [-0.3, -0.25) is 4.79 Å². The third kappa shape index (κ3) is 4.83. The standard InChI is InChI=1S/C21H21F3N4O3S/c1-13(27-32(30,31)18-9-7-15(8-10-18)20(29)25-3)19-12-26-28(14(19)2)17-6-4-5-16(11-17)21(22,23)24/h4-13,27H,1-3H3,(H,25,29). The monoisotopic (exact) mass is 466 g/mol. The van der Waals surface area contributed by atoms with Crippen molar-refractivity contribution in [2.24, 2.45) is 0 Å². The smallest absolute Gasteiger partial charge is 0.355 e. The molecular formula is C21H21F3N4O3S. The van der Waals surface area contributed by atoms with Crippen LogP contribution < -0.4 is 10.0 Å². The third-order valence-electron chi connectivity index (χ3n) is 4.92. The molecule has 3 aromatic rings. The summed E-state index contributed by atoms with van der Waals surface area (Å²) in [7, 11) is -2.45. The van der Waals surface area contributed by atoms with E-state index in [1.54, 1.807) is 13.8 Å². The zero-order chi connectivity index (χ0) is 23.7. The van der Waals surface area contributed by atoms with Gasteiger partial charge in [0.15, 0.2) is 0 Å². The molecular weight excluding hydrogens is 445 g/mol. The number of alkyl halides is 3. The molecule has 0 aliphatic heterocycles. The Morgan fingerprint density at radius 3 is 2.38 bits per heavy atom. The van der Waals surface area contributed by atoms with Crippen LogP contribution in [-0.2, 0) is 16.2 Å². The van der Waals surface area contributed by atoms with Crippen LogP contribution in [0.5, 0.6) is 0 Å². The second kappa shape index (κ2) is 8.75. The molecule has 1 amide bonds. The fraction of sp³-hybridized carbons (Fsp3) is 0.238. The SMILES string of the molecule is CNC(=O)c1ccc(S(=O)(=O)NC(C)c2cnn(-c3cccc(C(F)(F)F)c3)c2C)cc1. The lowest BCUT2D eigenvalue weighted by molar-refractivity contribution is -0.137. The molecule has 0 saturated heterocycles. The van der Waals surface area contributed by atoms with Crippen molar-refractivity contribution in [3.8, 4) is 5.69 Å². The Hall–Kier alpha value is -3.18. The fourth-order valence-corrected chi connectivity index (χ4v) is 4.44. The molecule has 1 aromatic heterocycles. The lowest BCUT2D eigenvalue weighted by Gasteiger charge is -2.15. The molecule has 0 spiro atoms. The summed E-state index contributed by atoms with van der Waals surface area (Å²) < 4.78 is 68.4. The van der Waals surface area contributed by atoms with Crippen molar-refractivity contribution in [1.29, 1.82) is 0 Å². The Morgan fingerprint density at radius 1 is 1.12 bits per heavy atom. The van der Waals surface area contributed by atoms with Crippen LogP contribution in [0, 0.1) is 6.92 Å². The number of carbonyl (C=O) groups is 1. The molecule has 1 heterocycles. The van der Waals surface area contributed by atoms with Crippen LogP contribution in [0.15, 0.2) is 59.6 Å². The van der Waals surface area contributed by atoms with Gasteiger partial charge >= 0.3 is 6.18 Å². The first-order valence-corrected chi connectivity index (χ1v) is 11.0. The summed E-state index contributed by atoms with van der Waals surface area (Å²) in [4.78, 5) is 11.6. The van der Waals surface area contributed by atoms with Gasteiger partial charge in [-0.2, -0.15) is 18.3 Å². The van der Waals surface area contributed by atoms with Gasteiger partial charge in [-0.25, -0.2) is 17.8 Å². The van der Waals surface area contributed by atoms with E-state index < -0.39 is 27.8 Å². The van der Waals surface area contributed by atoms with Crippen molar-refractivity contribution in [2.75, 3.05) is 7.05 Å². The predicted octanol–water partition coefficient (Wildman–Crippen LogP) is 3.60. The Bertz CT molecular complexity index is 1240. The maximum Gasteiger partial charge on any atom is 0.416 e. The molecule has 0 aliphatic carbocycles. The third-order valence-corrected chi connectivity index (χ3v) is 6.47. The minimum atomic E-state index is -4.49. The maximum absolute atomic E-state index is 13.0. The molecule has 7 nitrogen and oxygen atoms in total. The van der Waals surface area contributed by atoms with Crippen LogP contribution in [0.1, 0.15) is 40.1 Å². The number of nitrogens with one attached hydrogen (secondary N) is 2. The van der Waals surface area contributed by atoms with Crippen molar-refractivity contribution in [3.63, 3.8) is 0 Å². The lowest BCUT2D eigenvalue weighted by Crippen LogP contribution is -2.27. The summed E-state index contributed by atoms with van der Waals surface area (Å²) in [6.07, 6.45) is -3.08. The lowest BCUT2D eigenvalue weighted by atomic mass is 10.1. The number of hydrogen-bond acceptors (Lipinski definition) is 4. The van der Waals surface area contributed by atoms with E-state index in [2.05, 4.69) is 15.1 Å². The number of amides is 1. The Balaban J connectivity index is 1.84. The van der Waals surface area contributed by atoms with Crippen molar-refractivity contribution >= 4 is 15.9 Å². The van der Waals surface area contributed by atoms with Gasteiger partial charge in [0.25, 0.3) is 5.91 Å². The average Bonchev–Trinajstić information content (AvgIpc) is 3.14. The first-order valence-electron chi connectivity index (χ1n) is 9.50. The van der Waals surface area contributed by atoms with Crippen LogP contribution in [0.25, 0.3) is 5.69 Å². The zero-order valence-electron chi connectivity index (χ0n) is 17.4. The number of halogens is 3. The average molecular weight is 466 g/mol. The van der Waals surface area contributed by atoms with Crippen LogP contribution in [0.4, 0.5) is 13.2 Å². The van der Waals surface area contributed by atoms with Gasteiger partial charge < -0.3 is 5.32 Å². The number of nitrogens with zero attached hydrogens (tertiary/aromatic N) is 2. The molecule has 0 saturated carbocycles. The van der Waals surface area contributed by atoms with E-state index >= 15 is 0 Å².